The number of rotatable bonds is 8. The molecule has 0 saturated carbocycles. The van der Waals surface area contributed by atoms with Crippen LogP contribution in [0.15, 0.2) is 35.7 Å². The molecule has 0 aliphatic heterocycles. The summed E-state index contributed by atoms with van der Waals surface area (Å²) in [6.45, 7) is 4.70. The van der Waals surface area contributed by atoms with Gasteiger partial charge in [-0.25, -0.2) is 12.8 Å². The molecule has 0 unspecified atom stereocenters. The number of benzene rings is 1. The average molecular weight is 396 g/mol. The van der Waals surface area contributed by atoms with E-state index in [1.807, 2.05) is 0 Å². The maximum Gasteiger partial charge on any atom is 0.406 e. The van der Waals surface area contributed by atoms with Crippen molar-refractivity contribution in [2.45, 2.75) is 24.9 Å². The summed E-state index contributed by atoms with van der Waals surface area (Å²) < 4.78 is 78.0. The van der Waals surface area contributed by atoms with Crippen molar-refractivity contribution in [2.75, 3.05) is 26.2 Å². The molecule has 1 aromatic rings. The highest BCUT2D eigenvalue weighted by atomic mass is 32.2. The molecule has 5 nitrogen and oxygen atoms in total. The Bertz CT molecular complexity index is 759. The fraction of sp³-hybridized carbons (Fsp3) is 0.438. The van der Waals surface area contributed by atoms with Crippen LogP contribution in [0.4, 0.5) is 17.6 Å². The van der Waals surface area contributed by atoms with Crippen LogP contribution in [-0.2, 0) is 10.0 Å². The van der Waals surface area contributed by atoms with Crippen molar-refractivity contribution in [1.82, 2.24) is 9.21 Å². The molecule has 1 rings (SSSR count). The fourth-order valence-electron chi connectivity index (χ4n) is 2.30. The number of nitrogens with zero attached hydrogens (tertiary/aromatic N) is 2. The van der Waals surface area contributed by atoms with Crippen molar-refractivity contribution < 1.29 is 30.8 Å². The third-order valence-electron chi connectivity index (χ3n) is 3.52. The highest BCUT2D eigenvalue weighted by molar-refractivity contribution is 7.89. The van der Waals surface area contributed by atoms with Gasteiger partial charge in [-0.1, -0.05) is 19.9 Å². The highest BCUT2D eigenvalue weighted by Gasteiger charge is 2.34. The lowest BCUT2D eigenvalue weighted by Crippen LogP contribution is -2.39. The Balaban J connectivity index is 3.36. The van der Waals surface area contributed by atoms with Crippen LogP contribution in [0.3, 0.4) is 0 Å². The molecule has 146 valence electrons. The number of hydrogen-bond acceptors (Lipinski definition) is 3. The first-order chi connectivity index (χ1) is 12.0. The minimum atomic E-state index is -4.69. The molecule has 10 heteroatoms. The molecule has 0 bridgehead atoms. The Kier molecular flexibility index (Phi) is 7.34. The van der Waals surface area contributed by atoms with Crippen molar-refractivity contribution >= 4 is 15.9 Å². The second-order valence-corrected chi connectivity index (χ2v) is 7.26. The summed E-state index contributed by atoms with van der Waals surface area (Å²) >= 11 is 0. The van der Waals surface area contributed by atoms with Crippen LogP contribution in [0.5, 0.6) is 0 Å². The number of halogens is 4. The van der Waals surface area contributed by atoms with Gasteiger partial charge in [0.1, 0.15) is 12.4 Å². The Labute approximate surface area is 149 Å². The molecule has 1 amide bonds. The van der Waals surface area contributed by atoms with Crippen LogP contribution in [0, 0.1) is 5.82 Å². The van der Waals surface area contributed by atoms with E-state index in [-0.39, 0.29) is 18.0 Å². The lowest BCUT2D eigenvalue weighted by Gasteiger charge is -2.23. The summed E-state index contributed by atoms with van der Waals surface area (Å²) in [5, 5.41) is 0. The summed E-state index contributed by atoms with van der Waals surface area (Å²) in [6, 6.07) is 2.49. The molecule has 0 aliphatic rings. The van der Waals surface area contributed by atoms with E-state index in [9.17, 15) is 30.8 Å². The molecule has 0 N–H and O–H groups in total. The first-order valence-electron chi connectivity index (χ1n) is 7.74. The molecule has 0 radical (unpaired) electrons. The Hall–Kier alpha value is -1.94. The molecular weight excluding hydrogens is 376 g/mol. The van der Waals surface area contributed by atoms with Gasteiger partial charge in [0.2, 0.25) is 10.0 Å². The van der Waals surface area contributed by atoms with E-state index in [1.54, 1.807) is 13.8 Å². The predicted octanol–water partition coefficient (Wildman–Crippen LogP) is 3.05. The summed E-state index contributed by atoms with van der Waals surface area (Å²) in [7, 11) is -3.99. The van der Waals surface area contributed by atoms with Crippen LogP contribution >= 0.6 is 0 Å². The first-order valence-corrected chi connectivity index (χ1v) is 9.18. The van der Waals surface area contributed by atoms with Gasteiger partial charge in [0.25, 0.3) is 5.91 Å². The van der Waals surface area contributed by atoms with Crippen LogP contribution in [0.2, 0.25) is 0 Å². The molecule has 0 aromatic heterocycles. The SMILES string of the molecule is C=CCN(CC(F)(F)F)C(=O)c1cc(S(=O)(=O)N(CC)CC)ccc1F. The van der Waals surface area contributed by atoms with Gasteiger partial charge >= 0.3 is 6.18 Å². The molecule has 1 aromatic carbocycles. The molecule has 0 saturated heterocycles. The predicted molar refractivity (Wildman–Crippen MR) is 88.7 cm³/mol. The van der Waals surface area contributed by atoms with Gasteiger partial charge in [0.15, 0.2) is 0 Å². The van der Waals surface area contributed by atoms with Crippen molar-refractivity contribution in [3.8, 4) is 0 Å². The lowest BCUT2D eigenvalue weighted by atomic mass is 10.2. The van der Waals surface area contributed by atoms with Crippen LogP contribution in [-0.4, -0.2) is 55.9 Å². The van der Waals surface area contributed by atoms with Gasteiger partial charge in [0.05, 0.1) is 10.5 Å². The maximum absolute atomic E-state index is 14.0. The third-order valence-corrected chi connectivity index (χ3v) is 5.56. The number of carbonyl (C=O) groups is 1. The van der Waals surface area contributed by atoms with Crippen molar-refractivity contribution in [1.29, 1.82) is 0 Å². The number of carbonyl (C=O) groups excluding carboxylic acids is 1. The van der Waals surface area contributed by atoms with Gasteiger partial charge < -0.3 is 4.90 Å². The summed E-state index contributed by atoms with van der Waals surface area (Å²) in [6.07, 6.45) is -3.63. The van der Waals surface area contributed by atoms with Crippen LogP contribution < -0.4 is 0 Å². The standard InChI is InChI=1S/C16H20F4N2O3S/c1-4-9-21(11-16(18,19)20)15(23)13-10-12(7-8-14(13)17)26(24,25)22(5-2)6-3/h4,7-8,10H,1,5-6,9,11H2,2-3H3. The topological polar surface area (TPSA) is 57.7 Å². The monoisotopic (exact) mass is 396 g/mol. The quantitative estimate of drug-likeness (QED) is 0.501. The fourth-order valence-corrected chi connectivity index (χ4v) is 3.79. The summed E-state index contributed by atoms with van der Waals surface area (Å²) in [5.41, 5.74) is -0.746. The van der Waals surface area contributed by atoms with Gasteiger partial charge in [-0.15, -0.1) is 6.58 Å². The van der Waals surface area contributed by atoms with Crippen LogP contribution in [0.25, 0.3) is 0 Å². The van der Waals surface area contributed by atoms with E-state index in [1.165, 1.54) is 0 Å². The minimum Gasteiger partial charge on any atom is -0.326 e. The average Bonchev–Trinajstić information content (AvgIpc) is 2.53. The van der Waals surface area contributed by atoms with E-state index in [2.05, 4.69) is 6.58 Å². The lowest BCUT2D eigenvalue weighted by molar-refractivity contribution is -0.139. The third kappa shape index (κ3) is 5.28. The van der Waals surface area contributed by atoms with Crippen LogP contribution in [0.1, 0.15) is 24.2 Å². The Morgan fingerprint density at radius 1 is 1.23 bits per heavy atom. The number of amides is 1. The molecular formula is C16H20F4N2O3S. The van der Waals surface area contributed by atoms with Gasteiger partial charge in [0, 0.05) is 19.6 Å². The summed E-state index contributed by atoms with van der Waals surface area (Å²) in [5.74, 6) is -2.37. The van der Waals surface area contributed by atoms with E-state index in [0.717, 1.165) is 28.6 Å². The normalized spacial score (nSPS) is 12.3. The van der Waals surface area contributed by atoms with Crippen molar-refractivity contribution in [3.05, 3.63) is 42.2 Å². The van der Waals surface area contributed by atoms with E-state index < -0.39 is 46.6 Å². The van der Waals surface area contributed by atoms with Gasteiger partial charge in [-0.3, -0.25) is 4.79 Å². The zero-order chi connectivity index (χ0) is 20.1. The number of sulfonamides is 1. The zero-order valence-corrected chi connectivity index (χ0v) is 15.2. The Morgan fingerprint density at radius 3 is 2.27 bits per heavy atom. The van der Waals surface area contributed by atoms with Crippen molar-refractivity contribution in [2.24, 2.45) is 0 Å². The molecule has 26 heavy (non-hydrogen) atoms. The maximum atomic E-state index is 14.0. The largest absolute Gasteiger partial charge is 0.406 e. The Morgan fingerprint density at radius 2 is 1.81 bits per heavy atom. The number of hydrogen-bond donors (Lipinski definition) is 0. The number of alkyl halides is 3. The zero-order valence-electron chi connectivity index (χ0n) is 14.4. The van der Waals surface area contributed by atoms with Crippen molar-refractivity contribution in [3.63, 3.8) is 0 Å². The van der Waals surface area contributed by atoms with Gasteiger partial charge in [-0.2, -0.15) is 17.5 Å². The second-order valence-electron chi connectivity index (χ2n) is 5.32. The minimum absolute atomic E-state index is 0.149. The second kappa shape index (κ2) is 8.63. The highest BCUT2D eigenvalue weighted by Crippen LogP contribution is 2.22. The van der Waals surface area contributed by atoms with E-state index >= 15 is 0 Å². The van der Waals surface area contributed by atoms with E-state index in [4.69, 9.17) is 0 Å². The molecule has 0 fully saturated rings. The molecule has 0 aliphatic carbocycles. The molecule has 0 spiro atoms. The molecule has 0 heterocycles. The van der Waals surface area contributed by atoms with E-state index in [0.29, 0.717) is 4.90 Å². The molecule has 0 atom stereocenters. The first kappa shape index (κ1) is 22.1. The smallest absolute Gasteiger partial charge is 0.326 e. The van der Waals surface area contributed by atoms with Gasteiger partial charge in [-0.05, 0) is 18.2 Å². The summed E-state index contributed by atoms with van der Waals surface area (Å²) in [4.78, 5) is 12.3.